The molecular weight excluding hydrogens is 282 g/mol. The zero-order valence-electron chi connectivity index (χ0n) is 12.7. The minimum atomic E-state index is 0.196. The van der Waals surface area contributed by atoms with Crippen LogP contribution in [0.1, 0.15) is 24.3 Å². The number of aromatic nitrogens is 1. The molecule has 0 saturated carbocycles. The van der Waals surface area contributed by atoms with Crippen LogP contribution in [0, 0.1) is 0 Å². The summed E-state index contributed by atoms with van der Waals surface area (Å²) < 4.78 is 0. The lowest BCUT2D eigenvalue weighted by molar-refractivity contribution is 0.299. The summed E-state index contributed by atoms with van der Waals surface area (Å²) >= 11 is 1.74. The third-order valence-corrected chi connectivity index (χ3v) is 4.45. The Labute approximate surface area is 130 Å². The van der Waals surface area contributed by atoms with Crippen molar-refractivity contribution >= 4 is 22.2 Å². The minimum Gasteiger partial charge on any atom is -0.396 e. The van der Waals surface area contributed by atoms with Crippen molar-refractivity contribution in [2.45, 2.75) is 26.8 Å². The second-order valence-corrected chi connectivity index (χ2v) is 5.90. The summed E-state index contributed by atoms with van der Waals surface area (Å²) in [5.41, 5.74) is 2.25. The number of hydrogen-bond acceptors (Lipinski definition) is 5. The molecule has 0 unspecified atom stereocenters. The zero-order valence-corrected chi connectivity index (χ0v) is 13.5. The molecule has 2 rings (SSSR count). The van der Waals surface area contributed by atoms with Crippen LogP contribution >= 0.6 is 11.3 Å². The van der Waals surface area contributed by atoms with Gasteiger partial charge in [-0.25, -0.2) is 4.98 Å². The van der Waals surface area contributed by atoms with E-state index in [2.05, 4.69) is 41.2 Å². The number of anilines is 2. The molecule has 114 valence electrons. The van der Waals surface area contributed by atoms with E-state index >= 15 is 0 Å². The molecule has 1 heterocycles. The van der Waals surface area contributed by atoms with Crippen molar-refractivity contribution in [3.8, 4) is 0 Å². The lowest BCUT2D eigenvalue weighted by Crippen LogP contribution is -2.21. The standard InChI is InChI=1S/C16H23N3OS/c1-3-19(4-2)16-18-12-15(21-16)11-17-14-7-5-13(6-8-14)9-10-20/h5-8,12,17,20H,3-4,9-11H2,1-2H3. The van der Waals surface area contributed by atoms with Gasteiger partial charge in [-0.2, -0.15) is 0 Å². The second kappa shape index (κ2) is 8.00. The smallest absolute Gasteiger partial charge is 0.185 e. The van der Waals surface area contributed by atoms with Gasteiger partial charge < -0.3 is 15.3 Å². The number of benzene rings is 1. The Morgan fingerprint density at radius 3 is 2.52 bits per heavy atom. The minimum absolute atomic E-state index is 0.196. The molecule has 5 heteroatoms. The van der Waals surface area contributed by atoms with E-state index < -0.39 is 0 Å². The zero-order chi connectivity index (χ0) is 15.1. The van der Waals surface area contributed by atoms with Crippen LogP contribution < -0.4 is 10.2 Å². The largest absolute Gasteiger partial charge is 0.396 e. The van der Waals surface area contributed by atoms with Crippen molar-refractivity contribution in [3.05, 3.63) is 40.9 Å². The molecule has 21 heavy (non-hydrogen) atoms. The van der Waals surface area contributed by atoms with Crippen molar-refractivity contribution in [1.29, 1.82) is 0 Å². The molecular formula is C16H23N3OS. The maximum atomic E-state index is 8.90. The summed E-state index contributed by atoms with van der Waals surface area (Å²) in [4.78, 5) is 7.98. The highest BCUT2D eigenvalue weighted by molar-refractivity contribution is 7.15. The molecule has 0 spiro atoms. The summed E-state index contributed by atoms with van der Waals surface area (Å²) in [6.07, 6.45) is 2.66. The normalized spacial score (nSPS) is 10.6. The molecule has 0 saturated heterocycles. The number of aliphatic hydroxyl groups is 1. The Bertz CT molecular complexity index is 535. The van der Waals surface area contributed by atoms with Gasteiger partial charge in [0.1, 0.15) is 0 Å². The quantitative estimate of drug-likeness (QED) is 0.786. The van der Waals surface area contributed by atoms with E-state index in [1.165, 1.54) is 4.88 Å². The third kappa shape index (κ3) is 4.44. The van der Waals surface area contributed by atoms with Crippen LogP contribution in [-0.4, -0.2) is 29.8 Å². The molecule has 2 N–H and O–H groups in total. The summed E-state index contributed by atoms with van der Waals surface area (Å²) in [7, 11) is 0. The maximum Gasteiger partial charge on any atom is 0.185 e. The number of nitrogens with zero attached hydrogens (tertiary/aromatic N) is 2. The van der Waals surface area contributed by atoms with E-state index in [9.17, 15) is 0 Å². The van der Waals surface area contributed by atoms with Gasteiger partial charge in [-0.1, -0.05) is 12.1 Å². The summed E-state index contributed by atoms with van der Waals surface area (Å²) in [6.45, 7) is 7.26. The average Bonchev–Trinajstić information content (AvgIpc) is 2.97. The van der Waals surface area contributed by atoms with Crippen molar-refractivity contribution in [3.63, 3.8) is 0 Å². The first-order chi connectivity index (χ1) is 10.3. The SMILES string of the molecule is CCN(CC)c1ncc(CNc2ccc(CCO)cc2)s1. The fraction of sp³-hybridized carbons (Fsp3) is 0.438. The average molecular weight is 305 g/mol. The number of aliphatic hydroxyl groups excluding tert-OH is 1. The van der Waals surface area contributed by atoms with Gasteiger partial charge in [-0.3, -0.25) is 0 Å². The van der Waals surface area contributed by atoms with Gasteiger partial charge in [0, 0.05) is 36.5 Å². The monoisotopic (exact) mass is 305 g/mol. The fourth-order valence-electron chi connectivity index (χ4n) is 2.13. The number of thiazole rings is 1. The number of rotatable bonds is 8. The Morgan fingerprint density at radius 1 is 1.19 bits per heavy atom. The molecule has 0 bridgehead atoms. The number of hydrogen-bond donors (Lipinski definition) is 2. The Morgan fingerprint density at radius 2 is 1.90 bits per heavy atom. The Hall–Kier alpha value is -1.59. The van der Waals surface area contributed by atoms with E-state index in [1.54, 1.807) is 11.3 Å². The van der Waals surface area contributed by atoms with Crippen LogP contribution in [0.3, 0.4) is 0 Å². The van der Waals surface area contributed by atoms with Gasteiger partial charge in [0.15, 0.2) is 5.13 Å². The lowest BCUT2D eigenvalue weighted by Gasteiger charge is -2.16. The molecule has 0 atom stereocenters. The van der Waals surface area contributed by atoms with Gasteiger partial charge in [0.05, 0.1) is 6.54 Å². The molecule has 0 fully saturated rings. The molecule has 0 aliphatic rings. The molecule has 2 aromatic rings. The van der Waals surface area contributed by atoms with E-state index in [0.717, 1.165) is 36.0 Å². The van der Waals surface area contributed by atoms with Crippen molar-refractivity contribution < 1.29 is 5.11 Å². The second-order valence-electron chi connectivity index (χ2n) is 4.81. The van der Waals surface area contributed by atoms with Crippen molar-refractivity contribution in [2.75, 3.05) is 29.9 Å². The van der Waals surface area contributed by atoms with Crippen molar-refractivity contribution in [1.82, 2.24) is 4.98 Å². The maximum absolute atomic E-state index is 8.90. The van der Waals surface area contributed by atoms with Crippen LogP contribution in [0.15, 0.2) is 30.5 Å². The molecule has 0 radical (unpaired) electrons. The molecule has 4 nitrogen and oxygen atoms in total. The van der Waals surface area contributed by atoms with E-state index in [0.29, 0.717) is 6.42 Å². The molecule has 1 aromatic heterocycles. The lowest BCUT2D eigenvalue weighted by atomic mass is 10.1. The molecule has 0 aliphatic carbocycles. The molecule has 0 aliphatic heterocycles. The summed E-state index contributed by atoms with van der Waals surface area (Å²) in [6, 6.07) is 8.20. The first-order valence-electron chi connectivity index (χ1n) is 7.40. The van der Waals surface area contributed by atoms with Crippen LogP contribution in [0.2, 0.25) is 0 Å². The predicted molar refractivity (Wildman–Crippen MR) is 90.2 cm³/mol. The summed E-state index contributed by atoms with van der Waals surface area (Å²) in [5, 5.41) is 13.4. The van der Waals surface area contributed by atoms with E-state index in [-0.39, 0.29) is 6.61 Å². The highest BCUT2D eigenvalue weighted by Gasteiger charge is 2.07. The van der Waals surface area contributed by atoms with Gasteiger partial charge in [0.25, 0.3) is 0 Å². The van der Waals surface area contributed by atoms with Crippen LogP contribution in [0.5, 0.6) is 0 Å². The number of nitrogens with one attached hydrogen (secondary N) is 1. The highest BCUT2D eigenvalue weighted by Crippen LogP contribution is 2.23. The van der Waals surface area contributed by atoms with Gasteiger partial charge in [0.2, 0.25) is 0 Å². The van der Waals surface area contributed by atoms with Crippen molar-refractivity contribution in [2.24, 2.45) is 0 Å². The van der Waals surface area contributed by atoms with Gasteiger partial charge >= 0.3 is 0 Å². The summed E-state index contributed by atoms with van der Waals surface area (Å²) in [5.74, 6) is 0. The Kier molecular flexibility index (Phi) is 6.02. The van der Waals surface area contributed by atoms with Gasteiger partial charge in [-0.15, -0.1) is 11.3 Å². The first-order valence-corrected chi connectivity index (χ1v) is 8.21. The highest BCUT2D eigenvalue weighted by atomic mass is 32.1. The van der Waals surface area contributed by atoms with Crippen LogP contribution in [0.4, 0.5) is 10.8 Å². The molecule has 0 amide bonds. The van der Waals surface area contributed by atoms with Gasteiger partial charge in [-0.05, 0) is 38.0 Å². The predicted octanol–water partition coefficient (Wildman–Crippen LogP) is 3.14. The van der Waals surface area contributed by atoms with E-state index in [4.69, 9.17) is 5.11 Å². The molecule has 1 aromatic carbocycles. The first kappa shape index (κ1) is 15.8. The third-order valence-electron chi connectivity index (χ3n) is 3.40. The van der Waals surface area contributed by atoms with E-state index in [1.807, 2.05) is 18.3 Å². The Balaban J connectivity index is 1.90. The topological polar surface area (TPSA) is 48.4 Å². The van der Waals surface area contributed by atoms with Crippen LogP contribution in [0.25, 0.3) is 0 Å². The van der Waals surface area contributed by atoms with Crippen LogP contribution in [-0.2, 0) is 13.0 Å². The fourth-order valence-corrected chi connectivity index (χ4v) is 3.10.